The quantitative estimate of drug-likeness (QED) is 0.845. The van der Waals surface area contributed by atoms with Crippen LogP contribution in [-0.4, -0.2) is 46.4 Å². The summed E-state index contributed by atoms with van der Waals surface area (Å²) in [6.45, 7) is 3.89. The number of carbonyl (C=O) groups is 1. The molecule has 132 valence electrons. The van der Waals surface area contributed by atoms with Crippen LogP contribution in [0.1, 0.15) is 27.9 Å². The number of carboxylic acid groups (broad SMARTS) is 1. The largest absolute Gasteiger partial charge is 0.490 e. The number of para-hydroxylation sites is 1. The molecular weight excluding hydrogens is 318 g/mol. The highest BCUT2D eigenvalue weighted by molar-refractivity contribution is 5.89. The van der Waals surface area contributed by atoms with Crippen LogP contribution in [-0.2, 0) is 6.54 Å². The average Bonchev–Trinajstić information content (AvgIpc) is 2.96. The summed E-state index contributed by atoms with van der Waals surface area (Å²) in [5.74, 6) is -0.140. The Morgan fingerprint density at radius 1 is 1.20 bits per heavy atom. The number of aromatic carboxylic acids is 1. The molecule has 5 nitrogen and oxygen atoms in total. The first-order chi connectivity index (χ1) is 12.0. The standard InChI is InChI=1S/C20H23NO4/c1-15-6-2-5-9-18(15)25-14-20(24)10-11-21(13-20)12-16-7-3-4-8-17(16)19(22)23/h2-9,24H,10-14H2,1H3,(H,22,23). The minimum atomic E-state index is -0.923. The highest BCUT2D eigenvalue weighted by Gasteiger charge is 2.37. The fourth-order valence-corrected chi connectivity index (χ4v) is 3.23. The lowest BCUT2D eigenvalue weighted by Crippen LogP contribution is -2.39. The van der Waals surface area contributed by atoms with Crippen LogP contribution in [0.4, 0.5) is 0 Å². The van der Waals surface area contributed by atoms with E-state index in [9.17, 15) is 15.0 Å². The van der Waals surface area contributed by atoms with Crippen molar-refractivity contribution in [3.63, 3.8) is 0 Å². The summed E-state index contributed by atoms with van der Waals surface area (Å²) in [6.07, 6.45) is 0.605. The molecule has 2 N–H and O–H groups in total. The van der Waals surface area contributed by atoms with Crippen LogP contribution in [0.15, 0.2) is 48.5 Å². The summed E-state index contributed by atoms with van der Waals surface area (Å²) >= 11 is 0. The number of aliphatic hydroxyl groups is 1. The molecule has 1 saturated heterocycles. The third-order valence-corrected chi connectivity index (χ3v) is 4.64. The number of carboxylic acids is 1. The van der Waals surface area contributed by atoms with Gasteiger partial charge in [0, 0.05) is 19.6 Å². The van der Waals surface area contributed by atoms with Gasteiger partial charge in [0.15, 0.2) is 0 Å². The van der Waals surface area contributed by atoms with Crippen molar-refractivity contribution >= 4 is 5.97 Å². The zero-order chi connectivity index (χ0) is 17.9. The van der Waals surface area contributed by atoms with E-state index >= 15 is 0 Å². The number of ether oxygens (including phenoxy) is 1. The Balaban J connectivity index is 1.61. The van der Waals surface area contributed by atoms with Gasteiger partial charge in [0.25, 0.3) is 0 Å². The monoisotopic (exact) mass is 341 g/mol. The lowest BCUT2D eigenvalue weighted by atomic mass is 10.1. The van der Waals surface area contributed by atoms with Crippen molar-refractivity contribution in [2.45, 2.75) is 25.5 Å². The summed E-state index contributed by atoms with van der Waals surface area (Å²) in [5.41, 5.74) is 1.20. The molecule has 1 heterocycles. The lowest BCUT2D eigenvalue weighted by molar-refractivity contribution is 0.00319. The van der Waals surface area contributed by atoms with Crippen molar-refractivity contribution in [3.8, 4) is 5.75 Å². The Labute approximate surface area is 147 Å². The van der Waals surface area contributed by atoms with Gasteiger partial charge in [-0.05, 0) is 36.6 Å². The van der Waals surface area contributed by atoms with Crippen LogP contribution < -0.4 is 4.74 Å². The second kappa shape index (κ2) is 7.25. The van der Waals surface area contributed by atoms with E-state index < -0.39 is 11.6 Å². The first-order valence-electron chi connectivity index (χ1n) is 8.41. The second-order valence-electron chi connectivity index (χ2n) is 6.70. The van der Waals surface area contributed by atoms with Gasteiger partial charge in [-0.3, -0.25) is 4.90 Å². The van der Waals surface area contributed by atoms with E-state index in [1.54, 1.807) is 12.1 Å². The highest BCUT2D eigenvalue weighted by Crippen LogP contribution is 2.26. The molecule has 0 amide bonds. The van der Waals surface area contributed by atoms with Crippen molar-refractivity contribution in [3.05, 3.63) is 65.2 Å². The molecular formula is C20H23NO4. The number of nitrogens with zero attached hydrogens (tertiary/aromatic N) is 1. The zero-order valence-electron chi connectivity index (χ0n) is 14.3. The molecule has 2 aromatic rings. The van der Waals surface area contributed by atoms with Crippen LogP contribution in [0.3, 0.4) is 0 Å². The van der Waals surface area contributed by atoms with Gasteiger partial charge in [0.1, 0.15) is 18.0 Å². The van der Waals surface area contributed by atoms with E-state index in [0.717, 1.165) is 16.9 Å². The molecule has 0 aromatic heterocycles. The summed E-state index contributed by atoms with van der Waals surface area (Å²) in [5, 5.41) is 20.1. The fraction of sp³-hybridized carbons (Fsp3) is 0.350. The maximum absolute atomic E-state index is 11.3. The zero-order valence-corrected chi connectivity index (χ0v) is 14.3. The molecule has 1 fully saturated rings. The van der Waals surface area contributed by atoms with E-state index in [4.69, 9.17) is 4.74 Å². The Bertz CT molecular complexity index is 761. The average molecular weight is 341 g/mol. The SMILES string of the molecule is Cc1ccccc1OCC1(O)CCN(Cc2ccccc2C(=O)O)C1. The second-order valence-corrected chi connectivity index (χ2v) is 6.70. The van der Waals surface area contributed by atoms with Gasteiger partial charge >= 0.3 is 5.97 Å². The molecule has 3 rings (SSSR count). The smallest absolute Gasteiger partial charge is 0.336 e. The van der Waals surface area contributed by atoms with Gasteiger partial charge < -0.3 is 14.9 Å². The number of hydrogen-bond acceptors (Lipinski definition) is 4. The predicted molar refractivity (Wildman–Crippen MR) is 94.9 cm³/mol. The predicted octanol–water partition coefficient (Wildman–Crippen LogP) is 2.71. The molecule has 25 heavy (non-hydrogen) atoms. The number of benzene rings is 2. The molecule has 1 atom stereocenters. The number of hydrogen-bond donors (Lipinski definition) is 2. The number of rotatable bonds is 6. The van der Waals surface area contributed by atoms with Crippen molar-refractivity contribution in [2.24, 2.45) is 0 Å². The van der Waals surface area contributed by atoms with Gasteiger partial charge in [-0.1, -0.05) is 36.4 Å². The van der Waals surface area contributed by atoms with Crippen LogP contribution in [0.25, 0.3) is 0 Å². The maximum atomic E-state index is 11.3. The van der Waals surface area contributed by atoms with Gasteiger partial charge in [-0.25, -0.2) is 4.79 Å². The Morgan fingerprint density at radius 3 is 2.68 bits per heavy atom. The topological polar surface area (TPSA) is 70.0 Å². The maximum Gasteiger partial charge on any atom is 0.336 e. The van der Waals surface area contributed by atoms with E-state index in [0.29, 0.717) is 31.6 Å². The molecule has 0 bridgehead atoms. The van der Waals surface area contributed by atoms with E-state index in [1.807, 2.05) is 43.3 Å². The summed E-state index contributed by atoms with van der Waals surface area (Å²) in [7, 11) is 0. The summed E-state index contributed by atoms with van der Waals surface area (Å²) < 4.78 is 5.81. The molecule has 1 aliphatic heterocycles. The minimum absolute atomic E-state index is 0.231. The Morgan fingerprint density at radius 2 is 1.92 bits per heavy atom. The summed E-state index contributed by atoms with van der Waals surface area (Å²) in [6, 6.07) is 14.7. The van der Waals surface area contributed by atoms with Crippen molar-refractivity contribution in [2.75, 3.05) is 19.7 Å². The summed E-state index contributed by atoms with van der Waals surface area (Å²) in [4.78, 5) is 13.4. The third-order valence-electron chi connectivity index (χ3n) is 4.64. The van der Waals surface area contributed by atoms with Crippen LogP contribution in [0.2, 0.25) is 0 Å². The first kappa shape index (κ1) is 17.5. The molecule has 5 heteroatoms. The minimum Gasteiger partial charge on any atom is -0.490 e. The normalized spacial score (nSPS) is 20.6. The molecule has 0 radical (unpaired) electrons. The lowest BCUT2D eigenvalue weighted by Gasteiger charge is -2.24. The number of likely N-dealkylation sites (tertiary alicyclic amines) is 1. The van der Waals surface area contributed by atoms with Crippen molar-refractivity contribution in [1.82, 2.24) is 4.90 Å². The Kier molecular flexibility index (Phi) is 5.06. The highest BCUT2D eigenvalue weighted by atomic mass is 16.5. The van der Waals surface area contributed by atoms with E-state index in [-0.39, 0.29) is 6.61 Å². The molecule has 0 aliphatic carbocycles. The Hall–Kier alpha value is -2.37. The van der Waals surface area contributed by atoms with Gasteiger partial charge in [-0.2, -0.15) is 0 Å². The van der Waals surface area contributed by atoms with Crippen LogP contribution >= 0.6 is 0 Å². The molecule has 1 aliphatic rings. The molecule has 2 aromatic carbocycles. The third kappa shape index (κ3) is 4.18. The molecule has 1 unspecified atom stereocenters. The van der Waals surface area contributed by atoms with Gasteiger partial charge in [0.05, 0.1) is 5.56 Å². The van der Waals surface area contributed by atoms with E-state index in [1.165, 1.54) is 0 Å². The van der Waals surface area contributed by atoms with Crippen LogP contribution in [0, 0.1) is 6.92 Å². The van der Waals surface area contributed by atoms with Gasteiger partial charge in [-0.15, -0.1) is 0 Å². The van der Waals surface area contributed by atoms with E-state index in [2.05, 4.69) is 4.90 Å². The van der Waals surface area contributed by atoms with Gasteiger partial charge in [0.2, 0.25) is 0 Å². The fourth-order valence-electron chi connectivity index (χ4n) is 3.23. The van der Waals surface area contributed by atoms with Crippen LogP contribution in [0.5, 0.6) is 5.75 Å². The van der Waals surface area contributed by atoms with Crippen molar-refractivity contribution < 1.29 is 19.7 Å². The first-order valence-corrected chi connectivity index (χ1v) is 8.41. The molecule has 0 spiro atoms. The number of aryl methyl sites for hydroxylation is 1. The molecule has 0 saturated carbocycles. The number of β-amino-alcohol motifs (C(OH)–C–C–N with tert-alkyl or cyclic N) is 1. The van der Waals surface area contributed by atoms with Crippen molar-refractivity contribution in [1.29, 1.82) is 0 Å².